The number of nitrogens with zero attached hydrogens (tertiary/aromatic N) is 1. The summed E-state index contributed by atoms with van der Waals surface area (Å²) < 4.78 is 0. The summed E-state index contributed by atoms with van der Waals surface area (Å²) in [7, 11) is 0. The fourth-order valence-electron chi connectivity index (χ4n) is 2.97. The van der Waals surface area contributed by atoms with Gasteiger partial charge in [-0.1, -0.05) is 97.3 Å². The van der Waals surface area contributed by atoms with E-state index in [0.717, 1.165) is 25.9 Å². The lowest BCUT2D eigenvalue weighted by molar-refractivity contribution is 0.367. The fourth-order valence-corrected chi connectivity index (χ4v) is 2.97. The molecular weight excluding hydrogens is 270 g/mol. The molecule has 131 valence electrons. The summed E-state index contributed by atoms with van der Waals surface area (Å²) in [6.45, 7) is 6.15. The third-order valence-electron chi connectivity index (χ3n) is 4.40. The second kappa shape index (κ2) is 18.5. The first-order valence-corrected chi connectivity index (χ1v) is 9.97. The molecule has 0 aliphatic carbocycles. The standard InChI is InChI=1S/C20H40NO/c1-3-5-6-7-8-9-10-11-12-13-14-15-16-17-19-21(20-22)18-4-2/h3-19H2,1-2H3. The van der Waals surface area contributed by atoms with E-state index in [0.29, 0.717) is 0 Å². The third-order valence-corrected chi connectivity index (χ3v) is 4.40. The van der Waals surface area contributed by atoms with Crippen molar-refractivity contribution in [3.63, 3.8) is 0 Å². The summed E-state index contributed by atoms with van der Waals surface area (Å²) in [5.41, 5.74) is 0. The van der Waals surface area contributed by atoms with E-state index >= 15 is 0 Å². The van der Waals surface area contributed by atoms with Gasteiger partial charge in [-0.3, -0.25) is 4.79 Å². The number of carbonyl (C=O) groups excluding carboxylic acids is 1. The smallest absolute Gasteiger partial charge is 0.312 e. The van der Waals surface area contributed by atoms with Crippen LogP contribution in [0.3, 0.4) is 0 Å². The van der Waals surface area contributed by atoms with Gasteiger partial charge in [0.2, 0.25) is 0 Å². The molecule has 0 aromatic carbocycles. The van der Waals surface area contributed by atoms with Crippen molar-refractivity contribution in [3.8, 4) is 0 Å². The molecule has 0 fully saturated rings. The number of unbranched alkanes of at least 4 members (excludes halogenated alkanes) is 13. The number of rotatable bonds is 18. The van der Waals surface area contributed by atoms with E-state index in [2.05, 4.69) is 13.8 Å². The Labute approximate surface area is 140 Å². The van der Waals surface area contributed by atoms with E-state index in [-0.39, 0.29) is 0 Å². The van der Waals surface area contributed by atoms with Crippen LogP contribution in [0.2, 0.25) is 0 Å². The molecule has 0 spiro atoms. The molecule has 0 aliphatic heterocycles. The predicted octanol–water partition coefficient (Wildman–Crippen LogP) is 6.25. The van der Waals surface area contributed by atoms with E-state index in [1.54, 1.807) is 4.90 Å². The van der Waals surface area contributed by atoms with E-state index < -0.39 is 0 Å². The van der Waals surface area contributed by atoms with E-state index in [9.17, 15) is 4.79 Å². The van der Waals surface area contributed by atoms with Crippen LogP contribution in [0.25, 0.3) is 0 Å². The molecule has 0 aromatic rings. The average molecular weight is 311 g/mol. The molecule has 22 heavy (non-hydrogen) atoms. The Morgan fingerprint density at radius 3 is 1.32 bits per heavy atom. The van der Waals surface area contributed by atoms with Crippen molar-refractivity contribution < 1.29 is 4.79 Å². The van der Waals surface area contributed by atoms with Crippen LogP contribution in [-0.2, 0) is 4.79 Å². The number of amides is 1. The van der Waals surface area contributed by atoms with Crippen molar-refractivity contribution >= 4 is 6.41 Å². The van der Waals surface area contributed by atoms with Gasteiger partial charge in [0.25, 0.3) is 0 Å². The second-order valence-corrected chi connectivity index (χ2v) is 6.67. The molecule has 0 rings (SSSR count). The Morgan fingerprint density at radius 1 is 0.545 bits per heavy atom. The Balaban J connectivity index is 3.09. The summed E-state index contributed by atoms with van der Waals surface area (Å²) in [4.78, 5) is 12.5. The van der Waals surface area contributed by atoms with Gasteiger partial charge in [-0.25, -0.2) is 0 Å². The van der Waals surface area contributed by atoms with Crippen molar-refractivity contribution in [2.75, 3.05) is 13.1 Å². The van der Waals surface area contributed by atoms with E-state index in [1.165, 1.54) is 83.5 Å². The molecule has 0 unspecified atom stereocenters. The van der Waals surface area contributed by atoms with Crippen LogP contribution in [0.4, 0.5) is 0 Å². The van der Waals surface area contributed by atoms with Gasteiger partial charge in [0.15, 0.2) is 0 Å². The van der Waals surface area contributed by atoms with Gasteiger partial charge in [0.1, 0.15) is 0 Å². The fraction of sp³-hybridized carbons (Fsp3) is 0.950. The van der Waals surface area contributed by atoms with Crippen molar-refractivity contribution in [1.29, 1.82) is 0 Å². The second-order valence-electron chi connectivity index (χ2n) is 6.67. The molecule has 1 radical (unpaired) electrons. The molecular formula is C20H40NO. The van der Waals surface area contributed by atoms with Gasteiger partial charge >= 0.3 is 6.41 Å². The summed E-state index contributed by atoms with van der Waals surface area (Å²) >= 11 is 0. The van der Waals surface area contributed by atoms with Gasteiger partial charge in [0, 0.05) is 13.1 Å². The lowest BCUT2D eigenvalue weighted by Crippen LogP contribution is -2.23. The van der Waals surface area contributed by atoms with E-state index in [1.807, 2.05) is 6.41 Å². The normalized spacial score (nSPS) is 10.8. The maximum Gasteiger partial charge on any atom is 0.312 e. The van der Waals surface area contributed by atoms with Crippen molar-refractivity contribution in [2.45, 2.75) is 110 Å². The minimum absolute atomic E-state index is 0.863. The molecule has 2 heteroatoms. The first-order valence-electron chi connectivity index (χ1n) is 9.97. The van der Waals surface area contributed by atoms with Crippen LogP contribution >= 0.6 is 0 Å². The van der Waals surface area contributed by atoms with Gasteiger partial charge in [0.05, 0.1) is 0 Å². The predicted molar refractivity (Wildman–Crippen MR) is 97.9 cm³/mol. The van der Waals surface area contributed by atoms with Crippen LogP contribution in [0.1, 0.15) is 110 Å². The molecule has 0 aromatic heterocycles. The van der Waals surface area contributed by atoms with Crippen LogP contribution in [0.15, 0.2) is 0 Å². The summed E-state index contributed by atoms with van der Waals surface area (Å²) in [6, 6.07) is 0. The Hall–Kier alpha value is -0.530. The molecule has 1 amide bonds. The van der Waals surface area contributed by atoms with Crippen molar-refractivity contribution in [2.24, 2.45) is 0 Å². The SMILES string of the molecule is CCCCCCCCCCCCCCCCN([C]=O)CCC. The molecule has 0 atom stereocenters. The summed E-state index contributed by atoms with van der Waals surface area (Å²) in [5.74, 6) is 0. The van der Waals surface area contributed by atoms with Crippen LogP contribution in [0.5, 0.6) is 0 Å². The van der Waals surface area contributed by atoms with Crippen LogP contribution in [-0.4, -0.2) is 24.4 Å². The zero-order chi connectivity index (χ0) is 16.3. The molecule has 2 nitrogen and oxygen atoms in total. The maximum atomic E-state index is 10.7. The minimum Gasteiger partial charge on any atom is -0.334 e. The molecule has 0 heterocycles. The van der Waals surface area contributed by atoms with Crippen LogP contribution < -0.4 is 0 Å². The monoisotopic (exact) mass is 310 g/mol. The quantitative estimate of drug-likeness (QED) is 0.216. The Bertz CT molecular complexity index is 218. The van der Waals surface area contributed by atoms with Crippen molar-refractivity contribution in [1.82, 2.24) is 4.90 Å². The third kappa shape index (κ3) is 15.9. The van der Waals surface area contributed by atoms with Crippen LogP contribution in [0, 0.1) is 0 Å². The Morgan fingerprint density at radius 2 is 0.955 bits per heavy atom. The molecule has 0 saturated carbocycles. The summed E-state index contributed by atoms with van der Waals surface area (Å²) in [5, 5.41) is 0. The first-order chi connectivity index (χ1) is 10.8. The lowest BCUT2D eigenvalue weighted by Gasteiger charge is -2.14. The number of hydrogen-bond acceptors (Lipinski definition) is 1. The zero-order valence-corrected chi connectivity index (χ0v) is 15.4. The lowest BCUT2D eigenvalue weighted by atomic mass is 10.0. The minimum atomic E-state index is 0.863. The largest absolute Gasteiger partial charge is 0.334 e. The summed E-state index contributed by atoms with van der Waals surface area (Å²) in [6.07, 6.45) is 22.4. The Kier molecular flexibility index (Phi) is 18.1. The van der Waals surface area contributed by atoms with Gasteiger partial charge < -0.3 is 4.90 Å². The molecule has 0 saturated heterocycles. The van der Waals surface area contributed by atoms with E-state index in [4.69, 9.17) is 0 Å². The highest BCUT2D eigenvalue weighted by molar-refractivity contribution is 5.47. The molecule has 0 N–H and O–H groups in total. The van der Waals surface area contributed by atoms with Gasteiger partial charge in [-0.2, -0.15) is 0 Å². The topological polar surface area (TPSA) is 20.3 Å². The van der Waals surface area contributed by atoms with Gasteiger partial charge in [-0.05, 0) is 12.8 Å². The highest BCUT2D eigenvalue weighted by Crippen LogP contribution is 2.13. The average Bonchev–Trinajstić information content (AvgIpc) is 2.54. The number of hydrogen-bond donors (Lipinski definition) is 0. The highest BCUT2D eigenvalue weighted by atomic mass is 16.1. The molecule has 0 bridgehead atoms. The zero-order valence-electron chi connectivity index (χ0n) is 15.4. The maximum absolute atomic E-state index is 10.7. The van der Waals surface area contributed by atoms with Gasteiger partial charge in [-0.15, -0.1) is 0 Å². The van der Waals surface area contributed by atoms with Crippen molar-refractivity contribution in [3.05, 3.63) is 0 Å². The highest BCUT2D eigenvalue weighted by Gasteiger charge is 2.00. The first kappa shape index (κ1) is 21.5. The molecule has 0 aliphatic rings.